The molecule has 1 aliphatic heterocycles. The van der Waals surface area contributed by atoms with Crippen molar-refractivity contribution in [1.82, 2.24) is 14.8 Å². The third kappa shape index (κ3) is 2.91. The van der Waals surface area contributed by atoms with Crippen LogP contribution in [0, 0.1) is 13.8 Å². The highest BCUT2D eigenvalue weighted by atomic mass is 35.5. The van der Waals surface area contributed by atoms with E-state index in [0.29, 0.717) is 21.3 Å². The molecule has 0 radical (unpaired) electrons. The Kier molecular flexibility index (Phi) is 4.64. The number of imide groups is 2. The summed E-state index contributed by atoms with van der Waals surface area (Å²) in [6.07, 6.45) is 1.47. The molecule has 0 saturated carbocycles. The first-order chi connectivity index (χ1) is 12.2. The van der Waals surface area contributed by atoms with Crippen LogP contribution < -0.4 is 5.32 Å². The highest BCUT2D eigenvalue weighted by Crippen LogP contribution is 2.32. The zero-order valence-electron chi connectivity index (χ0n) is 14.3. The molecule has 1 aromatic heterocycles. The molecule has 0 unspecified atom stereocenters. The minimum absolute atomic E-state index is 0.107. The van der Waals surface area contributed by atoms with E-state index in [1.54, 1.807) is 12.1 Å². The molecule has 0 atom stereocenters. The van der Waals surface area contributed by atoms with Crippen LogP contribution in [0.4, 0.5) is 4.79 Å². The Labute approximate surface area is 160 Å². The third-order valence-corrected chi connectivity index (χ3v) is 5.06. The van der Waals surface area contributed by atoms with Gasteiger partial charge in [0.2, 0.25) is 0 Å². The Balaban J connectivity index is 2.12. The molecule has 6 nitrogen and oxygen atoms in total. The van der Waals surface area contributed by atoms with Crippen LogP contribution in [-0.4, -0.2) is 34.4 Å². The highest BCUT2D eigenvalue weighted by molar-refractivity contribution is 6.43. The normalized spacial score (nSPS) is 16.4. The van der Waals surface area contributed by atoms with Crippen molar-refractivity contribution in [2.75, 3.05) is 7.05 Å². The average molecular weight is 392 g/mol. The number of hydrogen-bond acceptors (Lipinski definition) is 3. The third-order valence-electron chi connectivity index (χ3n) is 4.25. The fourth-order valence-electron chi connectivity index (χ4n) is 2.87. The molecular weight excluding hydrogens is 377 g/mol. The molecule has 0 spiro atoms. The Bertz CT molecular complexity index is 992. The molecule has 3 rings (SSSR count). The highest BCUT2D eigenvalue weighted by Gasteiger charge is 2.33. The molecule has 26 heavy (non-hydrogen) atoms. The first-order valence-electron chi connectivity index (χ1n) is 7.70. The van der Waals surface area contributed by atoms with Gasteiger partial charge in [-0.15, -0.1) is 0 Å². The number of carbonyl (C=O) groups is 3. The van der Waals surface area contributed by atoms with Crippen molar-refractivity contribution < 1.29 is 14.4 Å². The molecule has 0 bridgehead atoms. The fourth-order valence-corrected chi connectivity index (χ4v) is 3.25. The molecule has 1 fully saturated rings. The number of nitrogens with zero attached hydrogens (tertiary/aromatic N) is 2. The van der Waals surface area contributed by atoms with Gasteiger partial charge in [-0.2, -0.15) is 0 Å². The van der Waals surface area contributed by atoms with E-state index < -0.39 is 17.8 Å². The maximum Gasteiger partial charge on any atom is 0.331 e. The molecule has 1 N–H and O–H groups in total. The quantitative estimate of drug-likeness (QED) is 0.628. The Morgan fingerprint density at radius 2 is 1.81 bits per heavy atom. The van der Waals surface area contributed by atoms with Crippen LogP contribution >= 0.6 is 23.2 Å². The first kappa shape index (κ1) is 18.2. The average Bonchev–Trinajstić information content (AvgIpc) is 2.86. The van der Waals surface area contributed by atoms with Crippen LogP contribution in [0.3, 0.4) is 0 Å². The number of rotatable bonds is 2. The van der Waals surface area contributed by atoms with Gasteiger partial charge in [0.25, 0.3) is 11.8 Å². The summed E-state index contributed by atoms with van der Waals surface area (Å²) in [6.45, 7) is 3.72. The maximum absolute atomic E-state index is 12.3. The Morgan fingerprint density at radius 1 is 1.12 bits per heavy atom. The number of benzene rings is 1. The minimum atomic E-state index is -0.742. The van der Waals surface area contributed by atoms with E-state index in [1.807, 2.05) is 30.5 Å². The molecular formula is C18H15Cl2N3O3. The van der Waals surface area contributed by atoms with Gasteiger partial charge in [0, 0.05) is 18.4 Å². The van der Waals surface area contributed by atoms with E-state index in [4.69, 9.17) is 23.2 Å². The SMILES string of the molecule is Cc1cc(/C=C2/C(=O)NC(=O)N(C)C2=O)c(C)n1-c1cccc(Cl)c1Cl. The second-order valence-corrected chi connectivity index (χ2v) is 6.70. The van der Waals surface area contributed by atoms with E-state index >= 15 is 0 Å². The molecule has 0 aliphatic carbocycles. The van der Waals surface area contributed by atoms with Gasteiger partial charge in [-0.25, -0.2) is 4.79 Å². The van der Waals surface area contributed by atoms with Gasteiger partial charge in [-0.1, -0.05) is 29.3 Å². The van der Waals surface area contributed by atoms with Crippen LogP contribution in [0.2, 0.25) is 10.0 Å². The van der Waals surface area contributed by atoms with Crippen LogP contribution in [0.25, 0.3) is 11.8 Å². The van der Waals surface area contributed by atoms with E-state index in [1.165, 1.54) is 13.1 Å². The summed E-state index contributed by atoms with van der Waals surface area (Å²) in [5, 5.41) is 2.97. The van der Waals surface area contributed by atoms with Gasteiger partial charge in [0.05, 0.1) is 15.7 Å². The van der Waals surface area contributed by atoms with Crippen LogP contribution in [0.5, 0.6) is 0 Å². The number of hydrogen-bond donors (Lipinski definition) is 1. The second-order valence-electron chi connectivity index (χ2n) is 5.92. The number of aryl methyl sites for hydroxylation is 1. The lowest BCUT2D eigenvalue weighted by atomic mass is 10.1. The van der Waals surface area contributed by atoms with Crippen molar-refractivity contribution in [2.24, 2.45) is 0 Å². The number of nitrogens with one attached hydrogen (secondary N) is 1. The van der Waals surface area contributed by atoms with Gasteiger partial charge in [0.1, 0.15) is 5.57 Å². The summed E-state index contributed by atoms with van der Waals surface area (Å²) in [6, 6.07) is 6.40. The topological polar surface area (TPSA) is 71.4 Å². The molecule has 4 amide bonds. The predicted molar refractivity (Wildman–Crippen MR) is 99.5 cm³/mol. The number of carbonyl (C=O) groups excluding carboxylic acids is 3. The smallest absolute Gasteiger partial charge is 0.316 e. The van der Waals surface area contributed by atoms with Crippen molar-refractivity contribution in [3.05, 3.63) is 56.8 Å². The molecule has 2 aromatic rings. The van der Waals surface area contributed by atoms with Crippen LogP contribution in [0.15, 0.2) is 29.8 Å². The molecule has 1 aromatic carbocycles. The Morgan fingerprint density at radius 3 is 2.50 bits per heavy atom. The van der Waals surface area contributed by atoms with Crippen LogP contribution in [0.1, 0.15) is 17.0 Å². The van der Waals surface area contributed by atoms with Gasteiger partial charge < -0.3 is 4.57 Å². The van der Waals surface area contributed by atoms with E-state index in [9.17, 15) is 14.4 Å². The number of aromatic nitrogens is 1. The monoisotopic (exact) mass is 391 g/mol. The maximum atomic E-state index is 12.3. The lowest BCUT2D eigenvalue weighted by Gasteiger charge is -2.22. The van der Waals surface area contributed by atoms with Crippen molar-refractivity contribution >= 4 is 47.1 Å². The standard InChI is InChI=1S/C18H15Cl2N3O3/c1-9-7-11(8-12-16(24)21-18(26)22(3)17(12)25)10(2)23(9)14-6-4-5-13(19)15(14)20/h4-8H,1-3H3,(H,21,24,26)/b12-8-. The zero-order valence-corrected chi connectivity index (χ0v) is 15.8. The molecule has 1 aliphatic rings. The summed E-state index contributed by atoms with van der Waals surface area (Å²) in [7, 11) is 1.31. The molecule has 8 heteroatoms. The number of likely N-dealkylation sites (N-methyl/N-ethyl adjacent to an activating group) is 1. The number of halogens is 2. The number of amides is 4. The first-order valence-corrected chi connectivity index (χ1v) is 8.46. The number of urea groups is 1. The van der Waals surface area contributed by atoms with Gasteiger partial charge in [-0.3, -0.25) is 19.8 Å². The largest absolute Gasteiger partial charge is 0.331 e. The Hall–Kier alpha value is -2.57. The van der Waals surface area contributed by atoms with Gasteiger partial charge >= 0.3 is 6.03 Å². The molecule has 1 saturated heterocycles. The summed E-state index contributed by atoms with van der Waals surface area (Å²) in [4.78, 5) is 36.7. The van der Waals surface area contributed by atoms with E-state index in [2.05, 4.69) is 5.32 Å². The summed E-state index contributed by atoms with van der Waals surface area (Å²) in [5.41, 5.74) is 2.89. The summed E-state index contributed by atoms with van der Waals surface area (Å²) >= 11 is 12.4. The van der Waals surface area contributed by atoms with Crippen molar-refractivity contribution in [2.45, 2.75) is 13.8 Å². The second kappa shape index (κ2) is 6.63. The van der Waals surface area contributed by atoms with Gasteiger partial charge in [-0.05, 0) is 43.7 Å². The lowest BCUT2D eigenvalue weighted by molar-refractivity contribution is -0.129. The van der Waals surface area contributed by atoms with Crippen molar-refractivity contribution in [1.29, 1.82) is 0 Å². The van der Waals surface area contributed by atoms with Crippen molar-refractivity contribution in [3.63, 3.8) is 0 Å². The number of barbiturate groups is 1. The summed E-state index contributed by atoms with van der Waals surface area (Å²) < 4.78 is 1.89. The van der Waals surface area contributed by atoms with Gasteiger partial charge in [0.15, 0.2) is 0 Å². The predicted octanol–water partition coefficient (Wildman–Crippen LogP) is 3.49. The fraction of sp³-hybridized carbons (Fsp3) is 0.167. The van der Waals surface area contributed by atoms with E-state index in [-0.39, 0.29) is 5.57 Å². The minimum Gasteiger partial charge on any atom is -0.316 e. The van der Waals surface area contributed by atoms with E-state index in [0.717, 1.165) is 16.3 Å². The molecule has 2 heterocycles. The molecule has 134 valence electrons. The zero-order chi connectivity index (χ0) is 19.2. The van der Waals surface area contributed by atoms with Crippen molar-refractivity contribution in [3.8, 4) is 5.69 Å². The summed E-state index contributed by atoms with van der Waals surface area (Å²) in [5.74, 6) is -1.37. The lowest BCUT2D eigenvalue weighted by Crippen LogP contribution is -2.52. The van der Waals surface area contributed by atoms with Crippen LogP contribution in [-0.2, 0) is 9.59 Å².